The molecule has 1 aliphatic heterocycles. The van der Waals surface area contributed by atoms with Crippen molar-refractivity contribution in [3.05, 3.63) is 65.7 Å². The Morgan fingerprint density at radius 1 is 1.03 bits per heavy atom. The molecule has 0 radical (unpaired) electrons. The lowest BCUT2D eigenvalue weighted by Crippen LogP contribution is -2.55. The summed E-state index contributed by atoms with van der Waals surface area (Å²) in [6.45, 7) is 4.40. The number of hydrogen-bond donors (Lipinski definition) is 1. The van der Waals surface area contributed by atoms with Gasteiger partial charge in [-0.2, -0.15) is 0 Å². The Bertz CT molecular complexity index is 1030. The molecule has 32 heavy (non-hydrogen) atoms. The maximum Gasteiger partial charge on any atom is 0.271 e. The molecule has 0 spiro atoms. The molecule has 2 amide bonds. The number of nitrogens with zero attached hydrogens (tertiary/aromatic N) is 2. The van der Waals surface area contributed by atoms with Crippen LogP contribution in [0.1, 0.15) is 18.1 Å². The molecule has 1 atom stereocenters. The minimum Gasteiger partial charge on any atom is -0.484 e. The first-order valence-corrected chi connectivity index (χ1v) is 12.3. The lowest BCUT2D eigenvalue weighted by molar-refractivity contribution is -0.133. The second kappa shape index (κ2) is 10.6. The van der Waals surface area contributed by atoms with Crippen LogP contribution >= 0.6 is 0 Å². The first-order valence-electron chi connectivity index (χ1n) is 10.5. The summed E-state index contributed by atoms with van der Waals surface area (Å²) in [5.41, 5.74) is 2.31. The zero-order valence-corrected chi connectivity index (χ0v) is 19.2. The van der Waals surface area contributed by atoms with E-state index in [2.05, 4.69) is 17.0 Å². The van der Waals surface area contributed by atoms with E-state index in [4.69, 9.17) is 4.74 Å². The fraction of sp³-hybridized carbons (Fsp3) is 0.391. The van der Waals surface area contributed by atoms with Crippen LogP contribution in [0, 0.1) is 0 Å². The molecule has 1 fully saturated rings. The molecule has 172 valence electrons. The average Bonchev–Trinajstić information content (AvgIpc) is 2.73. The van der Waals surface area contributed by atoms with E-state index < -0.39 is 15.9 Å². The third-order valence-electron chi connectivity index (χ3n) is 5.28. The highest BCUT2D eigenvalue weighted by Crippen LogP contribution is 2.19. The highest BCUT2D eigenvalue weighted by molar-refractivity contribution is 7.89. The van der Waals surface area contributed by atoms with Gasteiger partial charge in [-0.3, -0.25) is 19.2 Å². The summed E-state index contributed by atoms with van der Waals surface area (Å²) in [6, 6.07) is 17.7. The molecule has 1 saturated heterocycles. The average molecular weight is 460 g/mol. The molecule has 0 bridgehead atoms. The van der Waals surface area contributed by atoms with Crippen LogP contribution in [0.25, 0.3) is 0 Å². The van der Waals surface area contributed by atoms with Crippen molar-refractivity contribution >= 4 is 21.8 Å². The van der Waals surface area contributed by atoms with Crippen LogP contribution in [0.15, 0.2) is 54.6 Å². The first-order chi connectivity index (χ1) is 15.2. The minimum atomic E-state index is -3.60. The van der Waals surface area contributed by atoms with Gasteiger partial charge in [0.25, 0.3) is 5.91 Å². The van der Waals surface area contributed by atoms with E-state index in [1.165, 1.54) is 5.56 Å². The molecule has 3 rings (SSSR count). The molecule has 0 saturated carbocycles. The molecule has 0 aliphatic carbocycles. The van der Waals surface area contributed by atoms with Crippen molar-refractivity contribution in [1.82, 2.24) is 14.5 Å². The highest BCUT2D eigenvalue weighted by Gasteiger charge is 2.28. The van der Waals surface area contributed by atoms with Crippen LogP contribution in [0.3, 0.4) is 0 Å². The molecule has 1 N–H and O–H groups in total. The smallest absolute Gasteiger partial charge is 0.271 e. The number of benzene rings is 2. The van der Waals surface area contributed by atoms with Crippen LogP contribution in [-0.2, 0) is 32.6 Å². The van der Waals surface area contributed by atoms with E-state index in [0.717, 1.165) is 31.5 Å². The van der Waals surface area contributed by atoms with Gasteiger partial charge in [-0.25, -0.2) is 8.42 Å². The monoisotopic (exact) mass is 459 g/mol. The van der Waals surface area contributed by atoms with E-state index in [1.54, 1.807) is 19.1 Å². The number of carbonyl (C=O) groups excluding carboxylic acids is 2. The zero-order chi connectivity index (χ0) is 23.1. The summed E-state index contributed by atoms with van der Waals surface area (Å²) in [6.07, 6.45) is 1.62. The molecular weight excluding hydrogens is 430 g/mol. The summed E-state index contributed by atoms with van der Waals surface area (Å²) >= 11 is 0. The van der Waals surface area contributed by atoms with Crippen LogP contribution in [0.2, 0.25) is 0 Å². The van der Waals surface area contributed by atoms with Crippen LogP contribution in [0.5, 0.6) is 5.75 Å². The number of piperazine rings is 1. The van der Waals surface area contributed by atoms with E-state index in [9.17, 15) is 18.0 Å². The first kappa shape index (κ1) is 23.7. The number of amides is 2. The Morgan fingerprint density at radius 2 is 1.72 bits per heavy atom. The largest absolute Gasteiger partial charge is 0.484 e. The SMILES string of the molecule is CC(=O)N1CCN(Cc2ccccc2)C[C@H]1Cc1ccc(OCC(=O)NS(C)(=O)=O)cc1. The van der Waals surface area contributed by atoms with E-state index in [-0.39, 0.29) is 18.6 Å². The normalized spacial score (nSPS) is 17.1. The van der Waals surface area contributed by atoms with Crippen molar-refractivity contribution in [2.45, 2.75) is 25.9 Å². The third kappa shape index (κ3) is 7.35. The summed E-state index contributed by atoms with van der Waals surface area (Å²) < 4.78 is 29.3. The van der Waals surface area contributed by atoms with Crippen LogP contribution in [-0.4, -0.2) is 68.6 Å². The van der Waals surface area contributed by atoms with Gasteiger partial charge >= 0.3 is 0 Å². The summed E-state index contributed by atoms with van der Waals surface area (Å²) in [5.74, 6) is -0.184. The van der Waals surface area contributed by atoms with Gasteiger partial charge in [0.1, 0.15) is 5.75 Å². The van der Waals surface area contributed by atoms with Gasteiger partial charge < -0.3 is 9.64 Å². The minimum absolute atomic E-state index is 0.0669. The number of nitrogens with one attached hydrogen (secondary N) is 1. The van der Waals surface area contributed by atoms with E-state index in [0.29, 0.717) is 18.7 Å². The number of sulfonamides is 1. The fourth-order valence-electron chi connectivity index (χ4n) is 3.87. The molecule has 8 nitrogen and oxygen atoms in total. The van der Waals surface area contributed by atoms with Crippen LogP contribution in [0.4, 0.5) is 0 Å². The van der Waals surface area contributed by atoms with Gasteiger partial charge in [0.15, 0.2) is 6.61 Å². The van der Waals surface area contributed by atoms with Crippen molar-refractivity contribution in [2.75, 3.05) is 32.5 Å². The Hall–Kier alpha value is -2.91. The standard InChI is InChI=1S/C23H29N3O5S/c1-18(27)26-13-12-25(15-20-6-4-3-5-7-20)16-21(26)14-19-8-10-22(11-9-19)31-17-23(28)24-32(2,29)30/h3-11,21H,12-17H2,1-2H3,(H,24,28)/t21-/m1/s1. The number of ether oxygens (including phenoxy) is 1. The molecule has 1 aliphatic rings. The molecule has 9 heteroatoms. The molecule has 1 heterocycles. The van der Waals surface area contributed by atoms with Gasteiger partial charge in [0.05, 0.1) is 6.26 Å². The number of hydrogen-bond acceptors (Lipinski definition) is 6. The van der Waals surface area contributed by atoms with Crippen molar-refractivity contribution in [1.29, 1.82) is 0 Å². The Morgan fingerprint density at radius 3 is 2.34 bits per heavy atom. The van der Waals surface area contributed by atoms with Gasteiger partial charge in [-0.05, 0) is 29.7 Å². The topological polar surface area (TPSA) is 96.0 Å². The summed E-state index contributed by atoms with van der Waals surface area (Å²) in [7, 11) is -3.60. The van der Waals surface area contributed by atoms with Gasteiger partial charge in [0, 0.05) is 39.1 Å². The Kier molecular flexibility index (Phi) is 7.87. The maximum absolute atomic E-state index is 12.2. The predicted octanol–water partition coefficient (Wildman–Crippen LogP) is 1.42. The fourth-order valence-corrected chi connectivity index (χ4v) is 4.35. The Labute approximate surface area is 189 Å². The zero-order valence-electron chi connectivity index (χ0n) is 18.4. The molecule has 0 aromatic heterocycles. The van der Waals surface area contributed by atoms with Crippen molar-refractivity contribution in [3.8, 4) is 5.75 Å². The molecule has 0 unspecified atom stereocenters. The van der Waals surface area contributed by atoms with Crippen molar-refractivity contribution in [3.63, 3.8) is 0 Å². The quantitative estimate of drug-likeness (QED) is 0.641. The van der Waals surface area contributed by atoms with Gasteiger partial charge in [0.2, 0.25) is 15.9 Å². The van der Waals surface area contributed by atoms with Gasteiger partial charge in [-0.1, -0.05) is 42.5 Å². The Balaban J connectivity index is 1.59. The lowest BCUT2D eigenvalue weighted by Gasteiger charge is -2.41. The second-order valence-electron chi connectivity index (χ2n) is 8.02. The number of carbonyl (C=O) groups is 2. The predicted molar refractivity (Wildman–Crippen MR) is 122 cm³/mol. The molecular formula is C23H29N3O5S. The van der Waals surface area contributed by atoms with Gasteiger partial charge in [-0.15, -0.1) is 0 Å². The summed E-state index contributed by atoms with van der Waals surface area (Å²) in [4.78, 5) is 28.0. The van der Waals surface area contributed by atoms with Crippen LogP contribution < -0.4 is 9.46 Å². The maximum atomic E-state index is 12.2. The molecule has 2 aromatic rings. The lowest BCUT2D eigenvalue weighted by atomic mass is 10.0. The van der Waals surface area contributed by atoms with E-state index in [1.807, 2.05) is 40.0 Å². The van der Waals surface area contributed by atoms with E-state index >= 15 is 0 Å². The molecule has 2 aromatic carbocycles. The van der Waals surface area contributed by atoms with Crippen molar-refractivity contribution < 1.29 is 22.7 Å². The highest BCUT2D eigenvalue weighted by atomic mass is 32.2. The number of rotatable bonds is 8. The second-order valence-corrected chi connectivity index (χ2v) is 9.77. The summed E-state index contributed by atoms with van der Waals surface area (Å²) in [5, 5.41) is 0. The third-order valence-corrected chi connectivity index (χ3v) is 5.88. The van der Waals surface area contributed by atoms with Crippen molar-refractivity contribution in [2.24, 2.45) is 0 Å².